The zero-order valence-electron chi connectivity index (χ0n) is 11.4. The molecule has 0 radical (unpaired) electrons. The first-order valence-corrected chi connectivity index (χ1v) is 6.75. The van der Waals surface area contributed by atoms with Crippen LogP contribution in [0.3, 0.4) is 0 Å². The summed E-state index contributed by atoms with van der Waals surface area (Å²) in [5.74, 6) is 0. The molecule has 2 atom stereocenters. The van der Waals surface area contributed by atoms with E-state index in [1.165, 1.54) is 5.56 Å². The Hall–Kier alpha value is -1.88. The molecule has 4 heteroatoms. The Morgan fingerprint density at radius 2 is 1.65 bits per heavy atom. The van der Waals surface area contributed by atoms with E-state index < -0.39 is 12.3 Å². The van der Waals surface area contributed by atoms with Gasteiger partial charge in [0, 0.05) is 5.69 Å². The zero-order chi connectivity index (χ0) is 14.4. The highest BCUT2D eigenvalue weighted by Gasteiger charge is 2.16. The predicted molar refractivity (Wildman–Crippen MR) is 82.2 cm³/mol. The van der Waals surface area contributed by atoms with E-state index in [2.05, 4.69) is 5.32 Å². The van der Waals surface area contributed by atoms with Gasteiger partial charge in [-0.25, -0.2) is 0 Å². The summed E-state index contributed by atoms with van der Waals surface area (Å²) in [6.45, 7) is 0.638. The fourth-order valence-corrected chi connectivity index (χ4v) is 2.06. The fraction of sp³-hybridized carbons (Fsp3) is 0.250. The van der Waals surface area contributed by atoms with Gasteiger partial charge in [-0.1, -0.05) is 42.5 Å². The third-order valence-electron chi connectivity index (χ3n) is 3.20. The molecule has 0 fully saturated rings. The smallest absolute Gasteiger partial charge is 0.112 e. The lowest BCUT2D eigenvalue weighted by Gasteiger charge is -2.21. The van der Waals surface area contributed by atoms with Crippen LogP contribution in [0, 0.1) is 0 Å². The minimum absolute atomic E-state index is 0.558. The van der Waals surface area contributed by atoms with E-state index >= 15 is 0 Å². The van der Waals surface area contributed by atoms with Crippen molar-refractivity contribution in [2.75, 3.05) is 11.9 Å². The Bertz CT molecular complexity index is 513. The van der Waals surface area contributed by atoms with Crippen LogP contribution in [0.2, 0.25) is 0 Å². The second-order valence-electron chi connectivity index (χ2n) is 4.76. The molecule has 0 aliphatic rings. The van der Waals surface area contributed by atoms with Crippen molar-refractivity contribution >= 4 is 5.69 Å². The summed E-state index contributed by atoms with van der Waals surface area (Å²) in [5, 5.41) is 13.3. The van der Waals surface area contributed by atoms with Gasteiger partial charge in [-0.3, -0.25) is 0 Å². The van der Waals surface area contributed by atoms with Crippen molar-refractivity contribution in [3.8, 4) is 0 Å². The highest BCUT2D eigenvalue weighted by molar-refractivity contribution is 5.45. The number of aliphatic hydroxyl groups excluding tert-OH is 1. The second-order valence-corrected chi connectivity index (χ2v) is 4.76. The van der Waals surface area contributed by atoms with Gasteiger partial charge in [-0.05, 0) is 36.2 Å². The molecular weight excluding hydrogens is 250 g/mol. The molecule has 106 valence electrons. The van der Waals surface area contributed by atoms with Gasteiger partial charge >= 0.3 is 0 Å². The number of hydrogen-bond donors (Lipinski definition) is 4. The van der Waals surface area contributed by atoms with Crippen molar-refractivity contribution in [3.05, 3.63) is 65.7 Å². The van der Waals surface area contributed by atoms with Crippen LogP contribution in [0.5, 0.6) is 0 Å². The van der Waals surface area contributed by atoms with Crippen LogP contribution >= 0.6 is 0 Å². The minimum Gasteiger partial charge on any atom is -0.385 e. The van der Waals surface area contributed by atoms with Crippen molar-refractivity contribution in [1.29, 1.82) is 0 Å². The van der Waals surface area contributed by atoms with Gasteiger partial charge in [0.1, 0.15) is 12.3 Å². The molecule has 6 N–H and O–H groups in total. The number of hydrogen-bond acceptors (Lipinski definition) is 4. The number of anilines is 1. The molecule has 0 amide bonds. The molecule has 20 heavy (non-hydrogen) atoms. The molecule has 2 aromatic carbocycles. The summed E-state index contributed by atoms with van der Waals surface area (Å²) in [6.07, 6.45) is -0.448. The first kappa shape index (κ1) is 14.5. The molecule has 0 saturated carbocycles. The van der Waals surface area contributed by atoms with Crippen LogP contribution in [-0.4, -0.2) is 17.8 Å². The zero-order valence-corrected chi connectivity index (χ0v) is 11.4. The van der Waals surface area contributed by atoms with Crippen LogP contribution in [0.4, 0.5) is 5.69 Å². The van der Waals surface area contributed by atoms with Crippen LogP contribution in [-0.2, 0) is 6.42 Å². The standard InChI is InChI=1S/C16H21N3O/c17-11-10-12-6-8-14(9-7-12)19-16(18)15(20)13-4-2-1-3-5-13/h1-9,15-16,19-20H,10-11,17-18H2/t15-,16?/m0/s1. The summed E-state index contributed by atoms with van der Waals surface area (Å²) >= 11 is 0. The van der Waals surface area contributed by atoms with Crippen LogP contribution in [0.1, 0.15) is 17.2 Å². The van der Waals surface area contributed by atoms with Crippen LogP contribution in [0.15, 0.2) is 54.6 Å². The van der Waals surface area contributed by atoms with Crippen molar-refractivity contribution in [2.45, 2.75) is 18.7 Å². The van der Waals surface area contributed by atoms with Gasteiger partial charge in [0.15, 0.2) is 0 Å². The highest BCUT2D eigenvalue weighted by atomic mass is 16.3. The summed E-state index contributed by atoms with van der Waals surface area (Å²) in [4.78, 5) is 0. The number of nitrogens with two attached hydrogens (primary N) is 2. The van der Waals surface area contributed by atoms with Gasteiger partial charge in [-0.2, -0.15) is 0 Å². The average Bonchev–Trinajstić information content (AvgIpc) is 2.49. The molecule has 2 aromatic rings. The van der Waals surface area contributed by atoms with Crippen molar-refractivity contribution in [3.63, 3.8) is 0 Å². The molecule has 0 saturated heterocycles. The number of benzene rings is 2. The molecule has 0 aromatic heterocycles. The molecule has 0 bridgehead atoms. The van der Waals surface area contributed by atoms with E-state index in [1.54, 1.807) is 0 Å². The Balaban J connectivity index is 1.98. The second kappa shape index (κ2) is 7.05. The van der Waals surface area contributed by atoms with Gasteiger partial charge < -0.3 is 21.9 Å². The number of rotatable bonds is 6. The minimum atomic E-state index is -0.750. The first-order chi connectivity index (χ1) is 9.70. The Labute approximate surface area is 119 Å². The number of aliphatic hydroxyl groups is 1. The average molecular weight is 271 g/mol. The first-order valence-electron chi connectivity index (χ1n) is 6.75. The molecule has 4 nitrogen and oxygen atoms in total. The molecule has 0 heterocycles. The van der Waals surface area contributed by atoms with E-state index in [1.807, 2.05) is 54.6 Å². The summed E-state index contributed by atoms with van der Waals surface area (Å²) in [7, 11) is 0. The third kappa shape index (κ3) is 3.81. The monoisotopic (exact) mass is 271 g/mol. The molecule has 2 rings (SSSR count). The molecule has 0 spiro atoms. The topological polar surface area (TPSA) is 84.3 Å². The highest BCUT2D eigenvalue weighted by Crippen LogP contribution is 2.18. The normalized spacial score (nSPS) is 13.8. The fourth-order valence-electron chi connectivity index (χ4n) is 2.06. The van der Waals surface area contributed by atoms with E-state index in [0.29, 0.717) is 6.54 Å². The van der Waals surface area contributed by atoms with Crippen molar-refractivity contribution in [2.24, 2.45) is 11.5 Å². The summed E-state index contributed by atoms with van der Waals surface area (Å²) < 4.78 is 0. The SMILES string of the molecule is NCCc1ccc(NC(N)[C@@H](O)c2ccccc2)cc1. The van der Waals surface area contributed by atoms with E-state index in [9.17, 15) is 5.11 Å². The van der Waals surface area contributed by atoms with E-state index in [4.69, 9.17) is 11.5 Å². The third-order valence-corrected chi connectivity index (χ3v) is 3.20. The maximum Gasteiger partial charge on any atom is 0.112 e. The molecule has 0 aliphatic carbocycles. The molecular formula is C16H21N3O. The Kier molecular flexibility index (Phi) is 5.12. The van der Waals surface area contributed by atoms with E-state index in [0.717, 1.165) is 17.7 Å². The lowest BCUT2D eigenvalue weighted by molar-refractivity contribution is 0.156. The van der Waals surface area contributed by atoms with E-state index in [-0.39, 0.29) is 0 Å². The van der Waals surface area contributed by atoms with Crippen molar-refractivity contribution in [1.82, 2.24) is 0 Å². The van der Waals surface area contributed by atoms with Gasteiger partial charge in [0.25, 0.3) is 0 Å². The lowest BCUT2D eigenvalue weighted by atomic mass is 10.1. The van der Waals surface area contributed by atoms with Gasteiger partial charge in [-0.15, -0.1) is 0 Å². The quantitative estimate of drug-likeness (QED) is 0.602. The maximum absolute atomic E-state index is 10.2. The largest absolute Gasteiger partial charge is 0.385 e. The number of nitrogens with one attached hydrogen (secondary N) is 1. The van der Waals surface area contributed by atoms with Crippen molar-refractivity contribution < 1.29 is 5.11 Å². The van der Waals surface area contributed by atoms with Crippen LogP contribution < -0.4 is 16.8 Å². The molecule has 0 aliphatic heterocycles. The summed E-state index contributed by atoms with van der Waals surface area (Å²) in [5.41, 5.74) is 14.4. The Morgan fingerprint density at radius 1 is 1.00 bits per heavy atom. The Morgan fingerprint density at radius 3 is 2.25 bits per heavy atom. The molecule has 1 unspecified atom stereocenters. The van der Waals surface area contributed by atoms with Crippen LogP contribution in [0.25, 0.3) is 0 Å². The predicted octanol–water partition coefficient (Wildman–Crippen LogP) is 1.62. The summed E-state index contributed by atoms with van der Waals surface area (Å²) in [6, 6.07) is 17.3. The van der Waals surface area contributed by atoms with Gasteiger partial charge in [0.05, 0.1) is 0 Å². The maximum atomic E-state index is 10.2. The lowest BCUT2D eigenvalue weighted by Crippen LogP contribution is -2.36. The van der Waals surface area contributed by atoms with Gasteiger partial charge in [0.2, 0.25) is 0 Å².